The number of rotatable bonds is 2. The summed E-state index contributed by atoms with van der Waals surface area (Å²) in [5.41, 5.74) is 0. The summed E-state index contributed by atoms with van der Waals surface area (Å²) in [6, 6.07) is 0. The first-order valence-electron chi connectivity index (χ1n) is 2.80. The van der Waals surface area contributed by atoms with Crippen LogP contribution in [0.3, 0.4) is 0 Å². The van der Waals surface area contributed by atoms with Crippen molar-refractivity contribution in [2.75, 3.05) is 0 Å². The molecule has 5 nitrogen and oxygen atoms in total. The average Bonchev–Trinajstić information content (AvgIpc) is 2.40. The van der Waals surface area contributed by atoms with E-state index in [1.165, 1.54) is 0 Å². The maximum atomic E-state index is 10.5. The van der Waals surface area contributed by atoms with Crippen LogP contribution in [-0.2, 0) is 4.79 Å². The number of aromatic nitrogens is 2. The summed E-state index contributed by atoms with van der Waals surface area (Å²) < 4.78 is 8.93. The molecule has 0 bridgehead atoms. The van der Waals surface area contributed by atoms with E-state index in [0.717, 1.165) is 6.33 Å². The first kappa shape index (κ1) is 6.73. The molecule has 1 aromatic heterocycles. The van der Waals surface area contributed by atoms with Gasteiger partial charge in [-0.2, -0.15) is 4.98 Å². The third-order valence-corrected chi connectivity index (χ3v) is 0.831. The smallest absolute Gasteiger partial charge is 0.376 e. The first-order chi connectivity index (χ1) is 4.83. The molecular formula is C5H6N2O3. The molecule has 1 heterocycles. The first-order valence-corrected chi connectivity index (χ1v) is 2.80. The zero-order valence-corrected chi connectivity index (χ0v) is 5.40. The average molecular weight is 142 g/mol. The van der Waals surface area contributed by atoms with Gasteiger partial charge in [0.2, 0.25) is 0 Å². The molecule has 5 heteroatoms. The highest BCUT2D eigenvalue weighted by molar-refractivity contribution is 5.70. The number of esters is 1. The molecule has 0 unspecified atom stereocenters. The Kier molecular flexibility index (Phi) is 1.99. The highest BCUT2D eigenvalue weighted by Gasteiger charge is 2.04. The normalized spacial score (nSPS) is 9.30. The highest BCUT2D eigenvalue weighted by Crippen LogP contribution is 2.01. The Morgan fingerprint density at radius 3 is 3.20 bits per heavy atom. The van der Waals surface area contributed by atoms with E-state index >= 15 is 0 Å². The number of ether oxygens (including phenoxy) is 1. The maximum absolute atomic E-state index is 10.5. The summed E-state index contributed by atoms with van der Waals surface area (Å²) in [5, 5.41) is 3.25. The zero-order valence-electron chi connectivity index (χ0n) is 5.40. The molecule has 0 aliphatic carbocycles. The summed E-state index contributed by atoms with van der Waals surface area (Å²) in [5.74, 6) is -0.385. The molecule has 0 saturated carbocycles. The molecule has 0 N–H and O–H groups in total. The Labute approximate surface area is 57.0 Å². The lowest BCUT2D eigenvalue weighted by molar-refractivity contribution is -0.135. The van der Waals surface area contributed by atoms with Crippen molar-refractivity contribution < 1.29 is 14.1 Å². The Balaban J connectivity index is 2.48. The zero-order chi connectivity index (χ0) is 7.40. The van der Waals surface area contributed by atoms with Gasteiger partial charge in [0.15, 0.2) is 6.33 Å². The van der Waals surface area contributed by atoms with Gasteiger partial charge >= 0.3 is 12.0 Å². The van der Waals surface area contributed by atoms with Crippen LogP contribution in [0.25, 0.3) is 0 Å². The van der Waals surface area contributed by atoms with Gasteiger partial charge in [-0.1, -0.05) is 12.1 Å². The van der Waals surface area contributed by atoms with Crippen molar-refractivity contribution in [3.05, 3.63) is 6.33 Å². The van der Waals surface area contributed by atoms with E-state index in [1.807, 2.05) is 0 Å². The number of nitrogens with zero attached hydrogens (tertiary/aromatic N) is 2. The minimum Gasteiger partial charge on any atom is -0.376 e. The van der Waals surface area contributed by atoms with Crippen molar-refractivity contribution in [2.45, 2.75) is 13.3 Å². The van der Waals surface area contributed by atoms with E-state index in [1.54, 1.807) is 6.92 Å². The molecule has 0 aliphatic heterocycles. The highest BCUT2D eigenvalue weighted by atomic mass is 16.7. The van der Waals surface area contributed by atoms with Crippen molar-refractivity contribution in [3.8, 4) is 6.08 Å². The predicted molar refractivity (Wildman–Crippen MR) is 30.2 cm³/mol. The molecule has 54 valence electrons. The molecule has 10 heavy (non-hydrogen) atoms. The summed E-state index contributed by atoms with van der Waals surface area (Å²) in [6.45, 7) is 1.68. The van der Waals surface area contributed by atoms with Crippen LogP contribution < -0.4 is 4.74 Å². The fourth-order valence-electron chi connectivity index (χ4n) is 0.377. The standard InChI is InChI=1S/C5H6N2O3/c1-2-4(8)9-5-6-3-7-10-5/h3H,2H2,1H3. The fraction of sp³-hybridized carbons (Fsp3) is 0.400. The molecule has 0 radical (unpaired) electrons. The fourth-order valence-corrected chi connectivity index (χ4v) is 0.377. The SMILES string of the molecule is CCC(=O)Oc1ncno1. The second-order valence-corrected chi connectivity index (χ2v) is 1.53. The van der Waals surface area contributed by atoms with Gasteiger partial charge in [0.1, 0.15) is 0 Å². The minimum absolute atomic E-state index is 0.105. The van der Waals surface area contributed by atoms with Crippen LogP contribution in [0.1, 0.15) is 13.3 Å². The molecular weight excluding hydrogens is 136 g/mol. The van der Waals surface area contributed by atoms with E-state index in [-0.39, 0.29) is 12.0 Å². The van der Waals surface area contributed by atoms with Gasteiger partial charge in [-0.25, -0.2) is 0 Å². The second-order valence-electron chi connectivity index (χ2n) is 1.53. The van der Waals surface area contributed by atoms with Gasteiger partial charge in [0, 0.05) is 6.42 Å². The van der Waals surface area contributed by atoms with Crippen molar-refractivity contribution in [3.63, 3.8) is 0 Å². The van der Waals surface area contributed by atoms with Gasteiger partial charge in [-0.05, 0) is 0 Å². The van der Waals surface area contributed by atoms with Crippen LogP contribution in [0.15, 0.2) is 10.9 Å². The monoisotopic (exact) mass is 142 g/mol. The quantitative estimate of drug-likeness (QED) is 0.558. The van der Waals surface area contributed by atoms with Gasteiger partial charge in [-0.3, -0.25) is 9.32 Å². The minimum atomic E-state index is -0.385. The molecule has 0 aromatic carbocycles. The Hall–Kier alpha value is -1.39. The Morgan fingerprint density at radius 1 is 1.90 bits per heavy atom. The van der Waals surface area contributed by atoms with E-state index in [4.69, 9.17) is 0 Å². The van der Waals surface area contributed by atoms with Gasteiger partial charge < -0.3 is 4.74 Å². The van der Waals surface area contributed by atoms with Crippen LogP contribution in [0, 0.1) is 0 Å². The van der Waals surface area contributed by atoms with E-state index in [2.05, 4.69) is 19.4 Å². The molecule has 0 aliphatic rings. The number of hydrogen-bond acceptors (Lipinski definition) is 5. The van der Waals surface area contributed by atoms with Crippen LogP contribution >= 0.6 is 0 Å². The van der Waals surface area contributed by atoms with Gasteiger partial charge in [0.25, 0.3) is 0 Å². The van der Waals surface area contributed by atoms with Gasteiger partial charge in [-0.15, -0.1) is 0 Å². The largest absolute Gasteiger partial charge is 0.424 e. The van der Waals surface area contributed by atoms with Crippen LogP contribution in [0.2, 0.25) is 0 Å². The van der Waals surface area contributed by atoms with Crippen molar-refractivity contribution in [2.24, 2.45) is 0 Å². The Bertz CT molecular complexity index is 207. The predicted octanol–water partition coefficient (Wildman–Crippen LogP) is 0.385. The molecule has 0 saturated heterocycles. The van der Waals surface area contributed by atoms with Crippen LogP contribution in [-0.4, -0.2) is 16.1 Å². The van der Waals surface area contributed by atoms with Crippen molar-refractivity contribution in [1.82, 2.24) is 10.1 Å². The van der Waals surface area contributed by atoms with E-state index in [0.29, 0.717) is 6.42 Å². The summed E-state index contributed by atoms with van der Waals surface area (Å²) in [6.07, 6.45) is 1.35. The lowest BCUT2D eigenvalue weighted by Crippen LogP contribution is -2.05. The number of carbonyl (C=O) groups excluding carboxylic acids is 1. The summed E-state index contributed by atoms with van der Waals surface area (Å²) in [4.78, 5) is 14.0. The molecule has 1 rings (SSSR count). The lowest BCUT2D eigenvalue weighted by atomic mass is 10.5. The third kappa shape index (κ3) is 1.54. The molecule has 0 fully saturated rings. The maximum Gasteiger partial charge on any atom is 0.424 e. The van der Waals surface area contributed by atoms with Crippen molar-refractivity contribution >= 4 is 5.97 Å². The van der Waals surface area contributed by atoms with Crippen molar-refractivity contribution in [1.29, 1.82) is 0 Å². The summed E-state index contributed by atoms with van der Waals surface area (Å²) in [7, 11) is 0. The van der Waals surface area contributed by atoms with Crippen LogP contribution in [0.4, 0.5) is 0 Å². The van der Waals surface area contributed by atoms with Gasteiger partial charge in [0.05, 0.1) is 0 Å². The molecule has 1 aromatic rings. The second kappa shape index (κ2) is 2.95. The lowest BCUT2D eigenvalue weighted by Gasteiger charge is -1.91. The molecule has 0 atom stereocenters. The molecule has 0 amide bonds. The topological polar surface area (TPSA) is 65.2 Å². The summed E-state index contributed by atoms with van der Waals surface area (Å²) >= 11 is 0. The number of hydrogen-bond donors (Lipinski definition) is 0. The van der Waals surface area contributed by atoms with E-state index in [9.17, 15) is 4.79 Å². The Morgan fingerprint density at radius 2 is 2.70 bits per heavy atom. The molecule has 0 spiro atoms. The van der Waals surface area contributed by atoms with Crippen LogP contribution in [0.5, 0.6) is 6.08 Å². The van der Waals surface area contributed by atoms with E-state index < -0.39 is 0 Å². The third-order valence-electron chi connectivity index (χ3n) is 0.831. The number of carbonyl (C=O) groups is 1.